The lowest BCUT2D eigenvalue weighted by atomic mass is 10.2. The number of halogens is 1. The average molecular weight is 251 g/mol. The summed E-state index contributed by atoms with van der Waals surface area (Å²) in [5.74, 6) is 0. The lowest BCUT2D eigenvalue weighted by molar-refractivity contribution is 0.981. The Hall–Kier alpha value is -2.01. The molecule has 0 amide bonds. The molecule has 0 atom stereocenters. The second-order valence-electron chi connectivity index (χ2n) is 3.52. The molecule has 2 rings (SSSR count). The van der Waals surface area contributed by atoms with Gasteiger partial charge in [0.05, 0.1) is 11.9 Å². The van der Waals surface area contributed by atoms with Gasteiger partial charge in [-0.05, 0) is 17.7 Å². The first-order valence-electron chi connectivity index (χ1n) is 4.98. The Labute approximate surface area is 103 Å². The van der Waals surface area contributed by atoms with E-state index in [2.05, 4.69) is 15.5 Å². The standard InChI is InChI=1S/C11H11ClN4O/c12-10-9(6-15-16-11(10)17)14-5-7-1-3-8(13)4-2-7/h1-4,6H,5,13H2,(H2,14,16,17). The molecule has 0 saturated heterocycles. The highest BCUT2D eigenvalue weighted by atomic mass is 35.5. The summed E-state index contributed by atoms with van der Waals surface area (Å²) >= 11 is 5.82. The number of benzene rings is 1. The fourth-order valence-corrected chi connectivity index (χ4v) is 1.50. The van der Waals surface area contributed by atoms with Crippen LogP contribution in [0.15, 0.2) is 35.3 Å². The molecule has 88 valence electrons. The minimum atomic E-state index is -0.408. The zero-order chi connectivity index (χ0) is 12.3. The summed E-state index contributed by atoms with van der Waals surface area (Å²) in [6, 6.07) is 7.43. The van der Waals surface area contributed by atoms with Gasteiger partial charge in [0.25, 0.3) is 5.56 Å². The maximum atomic E-state index is 11.2. The Morgan fingerprint density at radius 3 is 2.76 bits per heavy atom. The van der Waals surface area contributed by atoms with Gasteiger partial charge in [-0.3, -0.25) is 4.79 Å². The van der Waals surface area contributed by atoms with Gasteiger partial charge >= 0.3 is 0 Å². The van der Waals surface area contributed by atoms with Crippen LogP contribution >= 0.6 is 11.6 Å². The first-order valence-corrected chi connectivity index (χ1v) is 5.36. The summed E-state index contributed by atoms with van der Waals surface area (Å²) in [7, 11) is 0. The van der Waals surface area contributed by atoms with E-state index in [1.807, 2.05) is 24.3 Å². The summed E-state index contributed by atoms with van der Waals surface area (Å²) in [6.07, 6.45) is 1.47. The number of hydrogen-bond acceptors (Lipinski definition) is 4. The minimum Gasteiger partial charge on any atom is -0.399 e. The zero-order valence-electron chi connectivity index (χ0n) is 8.90. The maximum Gasteiger partial charge on any atom is 0.285 e. The van der Waals surface area contributed by atoms with Crippen molar-refractivity contribution in [2.75, 3.05) is 11.1 Å². The Bertz CT molecular complexity index is 564. The second-order valence-corrected chi connectivity index (χ2v) is 3.90. The van der Waals surface area contributed by atoms with Crippen LogP contribution in [0.1, 0.15) is 5.56 Å². The third-order valence-electron chi connectivity index (χ3n) is 2.26. The monoisotopic (exact) mass is 250 g/mol. The number of aromatic amines is 1. The van der Waals surface area contributed by atoms with Crippen molar-refractivity contribution < 1.29 is 0 Å². The molecule has 0 aliphatic rings. The van der Waals surface area contributed by atoms with Crippen LogP contribution in [0.3, 0.4) is 0 Å². The SMILES string of the molecule is Nc1ccc(CNc2cn[nH]c(=O)c2Cl)cc1. The molecule has 6 heteroatoms. The molecule has 0 aliphatic carbocycles. The zero-order valence-corrected chi connectivity index (χ0v) is 9.66. The smallest absolute Gasteiger partial charge is 0.285 e. The van der Waals surface area contributed by atoms with Gasteiger partial charge in [0.2, 0.25) is 0 Å². The molecule has 5 nitrogen and oxygen atoms in total. The molecule has 0 aliphatic heterocycles. The fraction of sp³-hybridized carbons (Fsp3) is 0.0909. The number of anilines is 2. The van der Waals surface area contributed by atoms with Crippen LogP contribution in [-0.2, 0) is 6.54 Å². The highest BCUT2D eigenvalue weighted by molar-refractivity contribution is 6.32. The second kappa shape index (κ2) is 4.88. The van der Waals surface area contributed by atoms with Gasteiger partial charge in [0.15, 0.2) is 0 Å². The fourth-order valence-electron chi connectivity index (χ4n) is 1.34. The van der Waals surface area contributed by atoms with E-state index in [4.69, 9.17) is 17.3 Å². The van der Waals surface area contributed by atoms with Gasteiger partial charge < -0.3 is 11.1 Å². The molecule has 0 fully saturated rings. The average Bonchev–Trinajstić information content (AvgIpc) is 2.33. The summed E-state index contributed by atoms with van der Waals surface area (Å²) in [5.41, 5.74) is 7.43. The van der Waals surface area contributed by atoms with E-state index < -0.39 is 5.56 Å². The molecule has 0 saturated carbocycles. The molecule has 1 heterocycles. The molecular weight excluding hydrogens is 240 g/mol. The van der Waals surface area contributed by atoms with E-state index in [1.165, 1.54) is 6.20 Å². The van der Waals surface area contributed by atoms with Crippen molar-refractivity contribution in [3.8, 4) is 0 Å². The third-order valence-corrected chi connectivity index (χ3v) is 2.63. The lowest BCUT2D eigenvalue weighted by Crippen LogP contribution is -2.11. The van der Waals surface area contributed by atoms with Crippen LogP contribution in [-0.4, -0.2) is 10.2 Å². The molecular formula is C11H11ClN4O. The molecule has 0 bridgehead atoms. The highest BCUT2D eigenvalue weighted by Gasteiger charge is 2.03. The first-order chi connectivity index (χ1) is 8.16. The van der Waals surface area contributed by atoms with Gasteiger partial charge in [0, 0.05) is 12.2 Å². The Balaban J connectivity index is 2.10. The molecule has 0 radical (unpaired) electrons. The number of nitrogen functional groups attached to an aromatic ring is 1. The van der Waals surface area contributed by atoms with Crippen LogP contribution in [0.2, 0.25) is 5.02 Å². The largest absolute Gasteiger partial charge is 0.399 e. The predicted molar refractivity (Wildman–Crippen MR) is 68.0 cm³/mol. The first kappa shape index (κ1) is 11.5. The summed E-state index contributed by atoms with van der Waals surface area (Å²) in [5, 5.41) is 9.06. The molecule has 0 spiro atoms. The van der Waals surface area contributed by atoms with Gasteiger partial charge in [-0.25, -0.2) is 5.10 Å². The van der Waals surface area contributed by atoms with E-state index in [9.17, 15) is 4.79 Å². The van der Waals surface area contributed by atoms with E-state index in [0.29, 0.717) is 17.9 Å². The van der Waals surface area contributed by atoms with Gasteiger partial charge in [0.1, 0.15) is 5.02 Å². The third kappa shape index (κ3) is 2.76. The Morgan fingerprint density at radius 2 is 2.06 bits per heavy atom. The van der Waals surface area contributed by atoms with Gasteiger partial charge in [-0.2, -0.15) is 5.10 Å². The van der Waals surface area contributed by atoms with Gasteiger partial charge in [-0.15, -0.1) is 0 Å². The van der Waals surface area contributed by atoms with Gasteiger partial charge in [-0.1, -0.05) is 23.7 Å². The van der Waals surface area contributed by atoms with Crippen LogP contribution in [0.25, 0.3) is 0 Å². The van der Waals surface area contributed by atoms with Crippen molar-refractivity contribution >= 4 is 23.0 Å². The molecule has 17 heavy (non-hydrogen) atoms. The number of nitrogens with one attached hydrogen (secondary N) is 2. The lowest BCUT2D eigenvalue weighted by Gasteiger charge is -2.07. The number of H-pyrrole nitrogens is 1. The normalized spacial score (nSPS) is 10.2. The molecule has 1 aromatic carbocycles. The van der Waals surface area contributed by atoms with E-state index in [-0.39, 0.29) is 5.02 Å². The van der Waals surface area contributed by atoms with Crippen molar-refractivity contribution in [1.29, 1.82) is 0 Å². The van der Waals surface area contributed by atoms with E-state index in [0.717, 1.165) is 5.56 Å². The van der Waals surface area contributed by atoms with E-state index >= 15 is 0 Å². The number of nitrogens with two attached hydrogens (primary N) is 1. The van der Waals surface area contributed by atoms with Crippen LogP contribution in [0.4, 0.5) is 11.4 Å². The molecule has 0 unspecified atom stereocenters. The topological polar surface area (TPSA) is 83.8 Å². The summed E-state index contributed by atoms with van der Waals surface area (Å²) in [6.45, 7) is 0.547. The summed E-state index contributed by atoms with van der Waals surface area (Å²) < 4.78 is 0. The number of aromatic nitrogens is 2. The van der Waals surface area contributed by atoms with Crippen LogP contribution < -0.4 is 16.6 Å². The van der Waals surface area contributed by atoms with Crippen LogP contribution in [0, 0.1) is 0 Å². The number of nitrogens with zero attached hydrogens (tertiary/aromatic N) is 1. The predicted octanol–water partition coefficient (Wildman–Crippen LogP) is 1.62. The number of hydrogen-bond donors (Lipinski definition) is 3. The minimum absolute atomic E-state index is 0.107. The number of rotatable bonds is 3. The quantitative estimate of drug-likeness (QED) is 0.723. The van der Waals surface area contributed by atoms with Crippen molar-refractivity contribution in [2.45, 2.75) is 6.54 Å². The maximum absolute atomic E-state index is 11.2. The van der Waals surface area contributed by atoms with Crippen molar-refractivity contribution in [2.24, 2.45) is 0 Å². The van der Waals surface area contributed by atoms with E-state index in [1.54, 1.807) is 0 Å². The summed E-state index contributed by atoms with van der Waals surface area (Å²) in [4.78, 5) is 11.2. The van der Waals surface area contributed by atoms with Crippen LogP contribution in [0.5, 0.6) is 0 Å². The molecule has 4 N–H and O–H groups in total. The van der Waals surface area contributed by atoms with Crippen molar-refractivity contribution in [1.82, 2.24) is 10.2 Å². The highest BCUT2D eigenvalue weighted by Crippen LogP contribution is 2.15. The molecule has 1 aromatic heterocycles. The Morgan fingerprint density at radius 1 is 1.35 bits per heavy atom. The molecule has 2 aromatic rings. The van der Waals surface area contributed by atoms with Crippen molar-refractivity contribution in [3.63, 3.8) is 0 Å². The Kier molecular flexibility index (Phi) is 3.30. The van der Waals surface area contributed by atoms with Crippen molar-refractivity contribution in [3.05, 3.63) is 51.4 Å².